The summed E-state index contributed by atoms with van der Waals surface area (Å²) in [6, 6.07) is 8.05. The summed E-state index contributed by atoms with van der Waals surface area (Å²) in [6.45, 7) is 11.5. The van der Waals surface area contributed by atoms with Crippen LogP contribution in [0.3, 0.4) is 0 Å². The van der Waals surface area contributed by atoms with Crippen molar-refractivity contribution in [3.05, 3.63) is 29.8 Å². The Morgan fingerprint density at radius 3 is 2.48 bits per heavy atom. The maximum Gasteiger partial charge on any atom is 0.231 e. The van der Waals surface area contributed by atoms with E-state index in [0.717, 1.165) is 31.7 Å². The van der Waals surface area contributed by atoms with E-state index in [1.165, 1.54) is 5.56 Å². The number of hydrogen-bond acceptors (Lipinski definition) is 3. The summed E-state index contributed by atoms with van der Waals surface area (Å²) >= 11 is 0. The van der Waals surface area contributed by atoms with Crippen LogP contribution in [0.5, 0.6) is 0 Å². The van der Waals surface area contributed by atoms with Gasteiger partial charge in [0.2, 0.25) is 5.91 Å². The Morgan fingerprint density at radius 2 is 1.95 bits per heavy atom. The van der Waals surface area contributed by atoms with Gasteiger partial charge in [-0.05, 0) is 44.1 Å². The summed E-state index contributed by atoms with van der Waals surface area (Å²) in [6.07, 6.45) is 0.731. The highest BCUT2D eigenvalue weighted by Crippen LogP contribution is 2.22. The molecule has 118 valence electrons. The van der Waals surface area contributed by atoms with Gasteiger partial charge in [-0.25, -0.2) is 0 Å². The highest BCUT2D eigenvalue weighted by molar-refractivity contribution is 5.95. The Morgan fingerprint density at radius 1 is 1.29 bits per heavy atom. The van der Waals surface area contributed by atoms with E-state index in [1.807, 2.05) is 32.0 Å². The van der Waals surface area contributed by atoms with Crippen molar-refractivity contribution in [1.29, 1.82) is 0 Å². The first-order chi connectivity index (χ1) is 9.98. The topological polar surface area (TPSA) is 58.4 Å². The molecular weight excluding hydrogens is 262 g/mol. The van der Waals surface area contributed by atoms with Crippen LogP contribution in [-0.2, 0) is 11.3 Å². The second-order valence-corrected chi connectivity index (χ2v) is 5.73. The lowest BCUT2D eigenvalue weighted by atomic mass is 9.86. The number of hydrogen-bond donors (Lipinski definition) is 2. The number of nitrogens with zero attached hydrogens (tertiary/aromatic N) is 1. The molecule has 4 nitrogen and oxygen atoms in total. The van der Waals surface area contributed by atoms with E-state index in [2.05, 4.69) is 30.1 Å². The Hall–Kier alpha value is -1.39. The monoisotopic (exact) mass is 291 g/mol. The average molecular weight is 291 g/mol. The van der Waals surface area contributed by atoms with Crippen LogP contribution < -0.4 is 11.1 Å². The van der Waals surface area contributed by atoms with Crippen LogP contribution >= 0.6 is 0 Å². The van der Waals surface area contributed by atoms with Crippen LogP contribution in [0.25, 0.3) is 0 Å². The Labute approximate surface area is 128 Å². The number of nitrogens with two attached hydrogens (primary N) is 1. The van der Waals surface area contributed by atoms with Crippen LogP contribution in [-0.4, -0.2) is 30.4 Å². The molecule has 1 unspecified atom stereocenters. The molecule has 1 atom stereocenters. The van der Waals surface area contributed by atoms with E-state index in [-0.39, 0.29) is 5.91 Å². The van der Waals surface area contributed by atoms with Gasteiger partial charge in [0, 0.05) is 18.8 Å². The second-order valence-electron chi connectivity index (χ2n) is 5.73. The number of rotatable bonds is 8. The molecule has 1 rings (SSSR count). The van der Waals surface area contributed by atoms with Crippen LogP contribution in [0.15, 0.2) is 24.3 Å². The summed E-state index contributed by atoms with van der Waals surface area (Å²) in [5.74, 6) is -0.00695. The molecule has 0 radical (unpaired) electrons. The molecule has 21 heavy (non-hydrogen) atoms. The quantitative estimate of drug-likeness (QED) is 0.774. The fraction of sp³-hybridized carbons (Fsp3) is 0.588. The van der Waals surface area contributed by atoms with Gasteiger partial charge in [0.15, 0.2) is 0 Å². The Bertz CT molecular complexity index is 451. The summed E-state index contributed by atoms with van der Waals surface area (Å²) in [7, 11) is 0. The predicted octanol–water partition coefficient (Wildman–Crippen LogP) is 2.84. The minimum Gasteiger partial charge on any atom is -0.329 e. The van der Waals surface area contributed by atoms with E-state index in [1.54, 1.807) is 0 Å². The highest BCUT2D eigenvalue weighted by atomic mass is 16.2. The SMILES string of the molecule is CCN(CC)Cc1cccc(NC(=O)C(C)(CC)CN)c1. The molecule has 3 N–H and O–H groups in total. The summed E-state index contributed by atoms with van der Waals surface area (Å²) < 4.78 is 0. The first-order valence-electron chi connectivity index (χ1n) is 7.81. The van der Waals surface area contributed by atoms with Gasteiger partial charge in [-0.3, -0.25) is 9.69 Å². The third-order valence-corrected chi connectivity index (χ3v) is 4.26. The molecule has 0 saturated heterocycles. The zero-order valence-corrected chi connectivity index (χ0v) is 13.8. The van der Waals surface area contributed by atoms with Crippen molar-refractivity contribution in [2.24, 2.45) is 11.1 Å². The molecule has 0 heterocycles. The Balaban J connectivity index is 2.79. The lowest BCUT2D eigenvalue weighted by molar-refractivity contribution is -0.124. The molecule has 1 aromatic carbocycles. The first-order valence-corrected chi connectivity index (χ1v) is 7.81. The van der Waals surface area contributed by atoms with Crippen molar-refractivity contribution in [3.8, 4) is 0 Å². The van der Waals surface area contributed by atoms with Crippen LogP contribution in [0.2, 0.25) is 0 Å². The smallest absolute Gasteiger partial charge is 0.231 e. The van der Waals surface area contributed by atoms with E-state index in [4.69, 9.17) is 5.73 Å². The maximum absolute atomic E-state index is 12.3. The van der Waals surface area contributed by atoms with Crippen LogP contribution in [0, 0.1) is 5.41 Å². The molecule has 0 aliphatic heterocycles. The van der Waals surface area contributed by atoms with E-state index in [0.29, 0.717) is 6.54 Å². The second kappa shape index (κ2) is 8.15. The van der Waals surface area contributed by atoms with Gasteiger partial charge in [-0.15, -0.1) is 0 Å². The molecule has 0 spiro atoms. The van der Waals surface area contributed by atoms with Crippen molar-refractivity contribution in [2.45, 2.75) is 40.7 Å². The molecule has 1 amide bonds. The molecule has 1 aromatic rings. The summed E-state index contributed by atoms with van der Waals surface area (Å²) in [5.41, 5.74) is 7.29. The van der Waals surface area contributed by atoms with Gasteiger partial charge in [0.05, 0.1) is 5.41 Å². The molecule has 0 saturated carbocycles. The average Bonchev–Trinajstić information content (AvgIpc) is 2.52. The van der Waals surface area contributed by atoms with Crippen LogP contribution in [0.1, 0.15) is 39.7 Å². The molecule has 4 heteroatoms. The number of anilines is 1. The Kier molecular flexibility index (Phi) is 6.85. The fourth-order valence-electron chi connectivity index (χ4n) is 2.13. The zero-order valence-electron chi connectivity index (χ0n) is 13.8. The van der Waals surface area contributed by atoms with E-state index in [9.17, 15) is 4.79 Å². The third kappa shape index (κ3) is 4.83. The lowest BCUT2D eigenvalue weighted by Crippen LogP contribution is -2.39. The normalized spacial score (nSPS) is 14.0. The van der Waals surface area contributed by atoms with Gasteiger partial charge >= 0.3 is 0 Å². The predicted molar refractivity (Wildman–Crippen MR) is 89.1 cm³/mol. The minimum absolute atomic E-state index is 0.00695. The van der Waals surface area contributed by atoms with Crippen molar-refractivity contribution < 1.29 is 4.79 Å². The van der Waals surface area contributed by atoms with Gasteiger partial charge in [-0.1, -0.05) is 32.9 Å². The van der Waals surface area contributed by atoms with Crippen molar-refractivity contribution in [1.82, 2.24) is 4.90 Å². The molecule has 0 aliphatic rings. The number of nitrogens with one attached hydrogen (secondary N) is 1. The lowest BCUT2D eigenvalue weighted by Gasteiger charge is -2.25. The number of amides is 1. The molecule has 0 bridgehead atoms. The molecule has 0 aliphatic carbocycles. The highest BCUT2D eigenvalue weighted by Gasteiger charge is 2.29. The van der Waals surface area contributed by atoms with Gasteiger partial charge in [0.1, 0.15) is 0 Å². The van der Waals surface area contributed by atoms with Crippen molar-refractivity contribution >= 4 is 11.6 Å². The minimum atomic E-state index is -0.505. The van der Waals surface area contributed by atoms with Crippen LogP contribution in [0.4, 0.5) is 5.69 Å². The van der Waals surface area contributed by atoms with Crippen molar-refractivity contribution in [2.75, 3.05) is 25.0 Å². The van der Waals surface area contributed by atoms with Gasteiger partial charge < -0.3 is 11.1 Å². The maximum atomic E-state index is 12.3. The van der Waals surface area contributed by atoms with Gasteiger partial charge in [0.25, 0.3) is 0 Å². The third-order valence-electron chi connectivity index (χ3n) is 4.26. The van der Waals surface area contributed by atoms with Crippen molar-refractivity contribution in [3.63, 3.8) is 0 Å². The molecule has 0 fully saturated rings. The number of carbonyl (C=O) groups is 1. The number of carbonyl (C=O) groups excluding carboxylic acids is 1. The largest absolute Gasteiger partial charge is 0.329 e. The van der Waals surface area contributed by atoms with E-state index >= 15 is 0 Å². The van der Waals surface area contributed by atoms with E-state index < -0.39 is 5.41 Å². The summed E-state index contributed by atoms with van der Waals surface area (Å²) in [4.78, 5) is 14.7. The van der Waals surface area contributed by atoms with Gasteiger partial charge in [-0.2, -0.15) is 0 Å². The first kappa shape index (κ1) is 17.7. The summed E-state index contributed by atoms with van der Waals surface area (Å²) in [5, 5.41) is 3.00. The molecular formula is C17H29N3O. The molecule has 0 aromatic heterocycles. The standard InChI is InChI=1S/C17H29N3O/c1-5-17(4,13-18)16(21)19-15-10-8-9-14(11-15)12-20(6-2)7-3/h8-11H,5-7,12-13,18H2,1-4H3,(H,19,21). The fourth-order valence-corrected chi connectivity index (χ4v) is 2.13. The zero-order chi connectivity index (χ0) is 15.9. The number of benzene rings is 1.